The molecule has 1 atom stereocenters. The molecule has 1 heterocycles. The summed E-state index contributed by atoms with van der Waals surface area (Å²) in [5, 5.41) is 13.6. The summed E-state index contributed by atoms with van der Waals surface area (Å²) in [6, 6.07) is -1.92. The van der Waals surface area contributed by atoms with Gasteiger partial charge >= 0.3 is 18.0 Å². The molecule has 2 amide bonds. The van der Waals surface area contributed by atoms with Gasteiger partial charge in [-0.05, 0) is 6.42 Å². The van der Waals surface area contributed by atoms with E-state index in [2.05, 4.69) is 25.3 Å². The van der Waals surface area contributed by atoms with Gasteiger partial charge in [0.05, 0.1) is 25.2 Å². The van der Waals surface area contributed by atoms with Crippen LogP contribution < -0.4 is 10.6 Å². The average molecular weight is 282 g/mol. The molecule has 3 N–H and O–H groups in total. The predicted octanol–water partition coefficient (Wildman–Crippen LogP) is 0.00450. The van der Waals surface area contributed by atoms with Crippen LogP contribution in [-0.4, -0.2) is 46.2 Å². The van der Waals surface area contributed by atoms with Gasteiger partial charge in [-0.2, -0.15) is 0 Å². The molecule has 1 aromatic rings. The van der Waals surface area contributed by atoms with E-state index in [9.17, 15) is 14.4 Å². The summed E-state index contributed by atoms with van der Waals surface area (Å²) in [6.07, 6.45) is 3.83. The van der Waals surface area contributed by atoms with Crippen molar-refractivity contribution in [1.29, 1.82) is 0 Å². The summed E-state index contributed by atoms with van der Waals surface area (Å²) in [5.41, 5.74) is 0.321. The number of ether oxygens (including phenoxy) is 1. The first-order valence-electron chi connectivity index (χ1n) is 5.65. The van der Waals surface area contributed by atoms with Crippen molar-refractivity contribution in [3.8, 4) is 0 Å². The van der Waals surface area contributed by atoms with Crippen LogP contribution in [-0.2, 0) is 14.3 Å². The van der Waals surface area contributed by atoms with E-state index >= 15 is 0 Å². The molecule has 0 aliphatic rings. The smallest absolute Gasteiger partial charge is 0.326 e. The number of hydrogen-bond acceptors (Lipinski definition) is 6. The van der Waals surface area contributed by atoms with E-state index in [1.165, 1.54) is 25.8 Å². The molecule has 0 radical (unpaired) electrons. The number of nitrogens with one attached hydrogen (secondary N) is 2. The van der Waals surface area contributed by atoms with E-state index < -0.39 is 24.0 Å². The molecule has 108 valence electrons. The Labute approximate surface area is 114 Å². The molecule has 20 heavy (non-hydrogen) atoms. The van der Waals surface area contributed by atoms with Crippen molar-refractivity contribution < 1.29 is 24.2 Å². The zero-order valence-electron chi connectivity index (χ0n) is 10.7. The molecule has 0 spiro atoms. The molecule has 0 saturated heterocycles. The van der Waals surface area contributed by atoms with Gasteiger partial charge in [0.1, 0.15) is 12.4 Å². The minimum absolute atomic E-state index is 0.0687. The van der Waals surface area contributed by atoms with Crippen molar-refractivity contribution in [2.75, 3.05) is 12.4 Å². The van der Waals surface area contributed by atoms with E-state index in [0.29, 0.717) is 5.69 Å². The first kappa shape index (κ1) is 15.3. The van der Waals surface area contributed by atoms with Gasteiger partial charge < -0.3 is 20.5 Å². The van der Waals surface area contributed by atoms with Crippen LogP contribution in [0.5, 0.6) is 0 Å². The fourth-order valence-electron chi connectivity index (χ4n) is 1.31. The van der Waals surface area contributed by atoms with E-state index in [1.54, 1.807) is 0 Å². The van der Waals surface area contributed by atoms with E-state index in [0.717, 1.165) is 0 Å². The Hall–Kier alpha value is -2.71. The molecule has 9 nitrogen and oxygen atoms in total. The van der Waals surface area contributed by atoms with Crippen LogP contribution in [0.2, 0.25) is 0 Å². The molecule has 1 rings (SSSR count). The lowest BCUT2D eigenvalue weighted by Gasteiger charge is -2.14. The average Bonchev–Trinajstić information content (AvgIpc) is 2.43. The van der Waals surface area contributed by atoms with Crippen LogP contribution in [0.15, 0.2) is 18.7 Å². The van der Waals surface area contributed by atoms with Crippen molar-refractivity contribution in [3.05, 3.63) is 18.7 Å². The van der Waals surface area contributed by atoms with Gasteiger partial charge in [-0.3, -0.25) is 4.79 Å². The fraction of sp³-hybridized carbons (Fsp3) is 0.364. The first-order valence-corrected chi connectivity index (χ1v) is 5.65. The standard InChI is InChI=1S/C11H14N4O5/c1-20-9(16)3-2-8(10(17)18)15-11(19)14-7-4-12-6-13-5-7/h4-6,8H,2-3H2,1H3,(H,17,18)(H2,14,15,19)/t8-/m1/s1. The van der Waals surface area contributed by atoms with E-state index in [1.807, 2.05) is 0 Å². The number of aromatic nitrogens is 2. The van der Waals surface area contributed by atoms with Crippen molar-refractivity contribution >= 4 is 23.7 Å². The lowest BCUT2D eigenvalue weighted by Crippen LogP contribution is -2.43. The lowest BCUT2D eigenvalue weighted by molar-refractivity contribution is -0.142. The molecule has 0 unspecified atom stereocenters. The molecule has 0 aliphatic carbocycles. The summed E-state index contributed by atoms with van der Waals surface area (Å²) in [7, 11) is 1.20. The predicted molar refractivity (Wildman–Crippen MR) is 66.9 cm³/mol. The van der Waals surface area contributed by atoms with Crippen LogP contribution in [0.25, 0.3) is 0 Å². The molecule has 0 fully saturated rings. The summed E-state index contributed by atoms with van der Waals surface area (Å²) in [4.78, 5) is 40.9. The van der Waals surface area contributed by atoms with Crippen LogP contribution >= 0.6 is 0 Å². The molecule has 0 saturated carbocycles. The van der Waals surface area contributed by atoms with E-state index in [4.69, 9.17) is 5.11 Å². The summed E-state index contributed by atoms with van der Waals surface area (Å²) in [6.45, 7) is 0. The minimum Gasteiger partial charge on any atom is -0.480 e. The molecule has 9 heteroatoms. The zero-order valence-corrected chi connectivity index (χ0v) is 10.7. The van der Waals surface area contributed by atoms with Crippen molar-refractivity contribution in [2.24, 2.45) is 0 Å². The fourth-order valence-corrected chi connectivity index (χ4v) is 1.31. The van der Waals surface area contributed by atoms with Gasteiger partial charge in [0.25, 0.3) is 0 Å². The third-order valence-corrected chi connectivity index (χ3v) is 2.29. The highest BCUT2D eigenvalue weighted by Gasteiger charge is 2.21. The topological polar surface area (TPSA) is 131 Å². The molecule has 0 bridgehead atoms. The minimum atomic E-state index is -1.24. The Balaban J connectivity index is 2.50. The number of carboxylic acids is 1. The summed E-state index contributed by atoms with van der Waals surface area (Å²) in [5.74, 6) is -1.79. The third kappa shape index (κ3) is 5.29. The number of urea groups is 1. The number of anilines is 1. The van der Waals surface area contributed by atoms with Gasteiger partial charge in [-0.25, -0.2) is 19.6 Å². The molecular weight excluding hydrogens is 268 g/mol. The van der Waals surface area contributed by atoms with Gasteiger partial charge in [-0.15, -0.1) is 0 Å². The highest BCUT2D eigenvalue weighted by molar-refractivity contribution is 5.92. The van der Waals surface area contributed by atoms with Crippen LogP contribution in [0.3, 0.4) is 0 Å². The number of esters is 1. The highest BCUT2D eigenvalue weighted by Crippen LogP contribution is 2.03. The second kappa shape index (κ2) is 7.67. The second-order valence-corrected chi connectivity index (χ2v) is 3.73. The van der Waals surface area contributed by atoms with Gasteiger partial charge in [-0.1, -0.05) is 0 Å². The lowest BCUT2D eigenvalue weighted by atomic mass is 10.1. The summed E-state index contributed by atoms with van der Waals surface area (Å²) < 4.78 is 4.40. The van der Waals surface area contributed by atoms with Gasteiger partial charge in [0, 0.05) is 6.42 Å². The Morgan fingerprint density at radius 2 is 2.00 bits per heavy atom. The molecule has 0 aromatic carbocycles. The number of carbonyl (C=O) groups is 3. The maximum Gasteiger partial charge on any atom is 0.326 e. The molecular formula is C11H14N4O5. The Morgan fingerprint density at radius 3 is 2.55 bits per heavy atom. The molecule has 1 aromatic heterocycles. The van der Waals surface area contributed by atoms with Crippen LogP contribution in [0.1, 0.15) is 12.8 Å². The number of nitrogens with zero attached hydrogens (tertiary/aromatic N) is 2. The largest absolute Gasteiger partial charge is 0.480 e. The number of carboxylic acid groups (broad SMARTS) is 1. The van der Waals surface area contributed by atoms with Gasteiger partial charge in [0.15, 0.2) is 0 Å². The monoisotopic (exact) mass is 282 g/mol. The van der Waals surface area contributed by atoms with Crippen molar-refractivity contribution in [2.45, 2.75) is 18.9 Å². The maximum atomic E-state index is 11.6. The molecule has 0 aliphatic heterocycles. The van der Waals surface area contributed by atoms with Crippen molar-refractivity contribution in [1.82, 2.24) is 15.3 Å². The van der Waals surface area contributed by atoms with E-state index in [-0.39, 0.29) is 12.8 Å². The summed E-state index contributed by atoms with van der Waals surface area (Å²) >= 11 is 0. The van der Waals surface area contributed by atoms with Gasteiger partial charge in [0.2, 0.25) is 0 Å². The Kier molecular flexibility index (Phi) is 5.88. The van der Waals surface area contributed by atoms with Crippen molar-refractivity contribution in [3.63, 3.8) is 0 Å². The first-order chi connectivity index (χ1) is 9.52. The maximum absolute atomic E-state index is 11.6. The number of methoxy groups -OCH3 is 1. The third-order valence-electron chi connectivity index (χ3n) is 2.29. The normalized spacial score (nSPS) is 11.2. The number of rotatable bonds is 6. The highest BCUT2D eigenvalue weighted by atomic mass is 16.5. The second-order valence-electron chi connectivity index (χ2n) is 3.73. The Bertz CT molecular complexity index is 479. The SMILES string of the molecule is COC(=O)CC[C@@H](NC(=O)Nc1cncnc1)C(=O)O. The van der Waals surface area contributed by atoms with Crippen LogP contribution in [0, 0.1) is 0 Å². The van der Waals surface area contributed by atoms with Crippen LogP contribution in [0.4, 0.5) is 10.5 Å². The number of amides is 2. The quantitative estimate of drug-likeness (QED) is 0.626. The number of aliphatic carboxylic acids is 1. The zero-order chi connectivity index (χ0) is 15.0. The number of carbonyl (C=O) groups excluding carboxylic acids is 2. The Morgan fingerprint density at radius 1 is 1.35 bits per heavy atom. The number of hydrogen-bond donors (Lipinski definition) is 3.